The second kappa shape index (κ2) is 14.2. The van der Waals surface area contributed by atoms with E-state index < -0.39 is 0 Å². The molecule has 2 aromatic rings. The predicted molar refractivity (Wildman–Crippen MR) is 121 cm³/mol. The Balaban J connectivity index is 1.74. The van der Waals surface area contributed by atoms with E-state index in [1.807, 2.05) is 7.05 Å². The Kier molecular flexibility index (Phi) is 11.6. The highest BCUT2D eigenvalue weighted by atomic mass is 32.2. The monoisotopic (exact) mass is 436 g/mol. The van der Waals surface area contributed by atoms with Crippen LogP contribution in [0.15, 0.2) is 11.4 Å². The standard InChI is InChI=1S/C22H36N4O3S/c1-4-6-7-8-9-10-11-12-13-14-15-29-22-20-19(25-26(22)3)21(24-17-23-20)30-16-18(27)28-5-2/h17H,4-16H2,1-3H3. The minimum absolute atomic E-state index is 0.200. The molecule has 0 aliphatic carbocycles. The van der Waals surface area contributed by atoms with Crippen molar-refractivity contribution in [2.45, 2.75) is 83.1 Å². The van der Waals surface area contributed by atoms with E-state index in [-0.39, 0.29) is 11.7 Å². The van der Waals surface area contributed by atoms with E-state index in [1.165, 1.54) is 75.9 Å². The normalized spacial score (nSPS) is 11.2. The van der Waals surface area contributed by atoms with Crippen molar-refractivity contribution in [2.24, 2.45) is 7.05 Å². The molecule has 0 spiro atoms. The van der Waals surface area contributed by atoms with Crippen LogP contribution in [-0.4, -0.2) is 44.7 Å². The average molecular weight is 437 g/mol. The Morgan fingerprint density at radius 1 is 0.967 bits per heavy atom. The van der Waals surface area contributed by atoms with E-state index in [0.29, 0.717) is 35.2 Å². The highest BCUT2D eigenvalue weighted by Crippen LogP contribution is 2.29. The second-order valence-corrected chi connectivity index (χ2v) is 8.39. The summed E-state index contributed by atoms with van der Waals surface area (Å²) < 4.78 is 12.7. The molecule has 0 atom stereocenters. The second-order valence-electron chi connectivity index (χ2n) is 7.43. The lowest BCUT2D eigenvalue weighted by atomic mass is 10.1. The van der Waals surface area contributed by atoms with Gasteiger partial charge in [-0.2, -0.15) is 5.10 Å². The van der Waals surface area contributed by atoms with Crippen molar-refractivity contribution >= 4 is 28.8 Å². The number of carbonyl (C=O) groups is 1. The molecule has 0 aliphatic heterocycles. The molecule has 0 saturated heterocycles. The first kappa shape index (κ1) is 24.4. The Hall–Kier alpha value is -1.83. The van der Waals surface area contributed by atoms with Gasteiger partial charge in [-0.25, -0.2) is 14.6 Å². The van der Waals surface area contributed by atoms with Gasteiger partial charge in [0.2, 0.25) is 5.88 Å². The summed E-state index contributed by atoms with van der Waals surface area (Å²) in [6.07, 6.45) is 14.4. The van der Waals surface area contributed by atoms with Crippen LogP contribution in [0.4, 0.5) is 0 Å². The van der Waals surface area contributed by atoms with Crippen molar-refractivity contribution in [3.05, 3.63) is 6.33 Å². The summed E-state index contributed by atoms with van der Waals surface area (Å²) in [6, 6.07) is 0. The molecule has 0 fully saturated rings. The minimum atomic E-state index is -0.261. The summed E-state index contributed by atoms with van der Waals surface area (Å²) in [5.41, 5.74) is 1.35. The number of aromatic nitrogens is 4. The Morgan fingerprint density at radius 3 is 2.30 bits per heavy atom. The number of rotatable bonds is 16. The number of unbranched alkanes of at least 4 members (excludes halogenated alkanes) is 9. The fourth-order valence-electron chi connectivity index (χ4n) is 3.31. The maximum atomic E-state index is 11.6. The number of fused-ring (bicyclic) bond motifs is 1. The number of thioether (sulfide) groups is 1. The minimum Gasteiger partial charge on any atom is -0.476 e. The molecule has 0 radical (unpaired) electrons. The molecule has 0 amide bonds. The first-order valence-electron chi connectivity index (χ1n) is 11.3. The van der Waals surface area contributed by atoms with E-state index >= 15 is 0 Å². The highest BCUT2D eigenvalue weighted by molar-refractivity contribution is 8.00. The average Bonchev–Trinajstić information content (AvgIpc) is 3.06. The lowest BCUT2D eigenvalue weighted by molar-refractivity contribution is -0.139. The molecule has 30 heavy (non-hydrogen) atoms. The van der Waals surface area contributed by atoms with Crippen LogP contribution in [0, 0.1) is 0 Å². The van der Waals surface area contributed by atoms with E-state index in [0.717, 1.165) is 6.42 Å². The third-order valence-corrected chi connectivity index (χ3v) is 5.86. The highest BCUT2D eigenvalue weighted by Gasteiger charge is 2.17. The topological polar surface area (TPSA) is 79.1 Å². The number of aryl methyl sites for hydroxylation is 1. The summed E-state index contributed by atoms with van der Waals surface area (Å²) in [5, 5.41) is 5.16. The van der Waals surface area contributed by atoms with Gasteiger partial charge in [-0.3, -0.25) is 4.79 Å². The van der Waals surface area contributed by atoms with Gasteiger partial charge < -0.3 is 9.47 Å². The van der Waals surface area contributed by atoms with Crippen molar-refractivity contribution in [3.63, 3.8) is 0 Å². The lowest BCUT2D eigenvalue weighted by Gasteiger charge is -2.06. The van der Waals surface area contributed by atoms with Crippen LogP contribution in [-0.2, 0) is 16.6 Å². The summed E-state index contributed by atoms with van der Waals surface area (Å²) >= 11 is 1.31. The van der Waals surface area contributed by atoms with Crippen LogP contribution in [0.5, 0.6) is 5.88 Å². The molecule has 8 heteroatoms. The molecular weight excluding hydrogens is 400 g/mol. The van der Waals surface area contributed by atoms with Crippen LogP contribution < -0.4 is 4.74 Å². The van der Waals surface area contributed by atoms with Gasteiger partial charge >= 0.3 is 5.97 Å². The number of nitrogens with zero attached hydrogens (tertiary/aromatic N) is 4. The van der Waals surface area contributed by atoms with Gasteiger partial charge in [-0.15, -0.1) is 0 Å². The maximum absolute atomic E-state index is 11.6. The molecule has 0 aliphatic rings. The Labute approximate surface area is 184 Å². The van der Waals surface area contributed by atoms with Crippen LogP contribution in [0.3, 0.4) is 0 Å². The number of ether oxygens (including phenoxy) is 2. The number of esters is 1. The summed E-state index contributed by atoms with van der Waals surface area (Å²) in [6.45, 7) is 5.08. The maximum Gasteiger partial charge on any atom is 0.316 e. The molecule has 168 valence electrons. The Bertz CT molecular complexity index is 766. The van der Waals surface area contributed by atoms with Crippen molar-refractivity contribution in [1.82, 2.24) is 19.7 Å². The molecule has 2 aromatic heterocycles. The molecule has 0 N–H and O–H groups in total. The van der Waals surface area contributed by atoms with Crippen LogP contribution in [0.1, 0.15) is 78.1 Å². The third-order valence-electron chi connectivity index (χ3n) is 4.90. The van der Waals surface area contributed by atoms with Gasteiger partial charge in [0.1, 0.15) is 16.9 Å². The number of hydrogen-bond donors (Lipinski definition) is 0. The smallest absolute Gasteiger partial charge is 0.316 e. The summed E-state index contributed by atoms with van der Waals surface area (Å²) in [4.78, 5) is 20.2. The van der Waals surface area contributed by atoms with E-state index in [1.54, 1.807) is 11.6 Å². The van der Waals surface area contributed by atoms with Gasteiger partial charge in [0, 0.05) is 7.05 Å². The van der Waals surface area contributed by atoms with Gasteiger partial charge in [0.15, 0.2) is 5.52 Å². The third kappa shape index (κ3) is 8.13. The van der Waals surface area contributed by atoms with Crippen molar-refractivity contribution in [3.8, 4) is 5.88 Å². The van der Waals surface area contributed by atoms with Crippen molar-refractivity contribution in [2.75, 3.05) is 19.0 Å². The van der Waals surface area contributed by atoms with E-state index in [9.17, 15) is 4.79 Å². The molecule has 7 nitrogen and oxygen atoms in total. The van der Waals surface area contributed by atoms with E-state index in [4.69, 9.17) is 9.47 Å². The van der Waals surface area contributed by atoms with Crippen molar-refractivity contribution < 1.29 is 14.3 Å². The first-order valence-corrected chi connectivity index (χ1v) is 12.2. The molecular formula is C22H36N4O3S. The van der Waals surface area contributed by atoms with Crippen LogP contribution in [0.25, 0.3) is 11.0 Å². The fraction of sp³-hybridized carbons (Fsp3) is 0.727. The molecule has 0 saturated carbocycles. The van der Waals surface area contributed by atoms with Gasteiger partial charge in [0.25, 0.3) is 0 Å². The molecule has 0 aromatic carbocycles. The predicted octanol–water partition coefficient (Wildman–Crippen LogP) is 5.32. The van der Waals surface area contributed by atoms with Gasteiger partial charge in [0.05, 0.1) is 19.0 Å². The van der Waals surface area contributed by atoms with Gasteiger partial charge in [-0.05, 0) is 13.3 Å². The number of carbonyl (C=O) groups excluding carboxylic acids is 1. The fourth-order valence-corrected chi connectivity index (χ4v) is 4.05. The zero-order chi connectivity index (χ0) is 21.6. The summed E-state index contributed by atoms with van der Waals surface area (Å²) in [5.74, 6) is 0.592. The first-order chi connectivity index (χ1) is 14.7. The van der Waals surface area contributed by atoms with E-state index in [2.05, 4.69) is 22.0 Å². The SMILES string of the molecule is CCCCCCCCCCCCOc1c2ncnc(SCC(=O)OCC)c2nn1C. The molecule has 0 bridgehead atoms. The zero-order valence-corrected chi connectivity index (χ0v) is 19.5. The van der Waals surface area contributed by atoms with Gasteiger partial charge in [-0.1, -0.05) is 76.5 Å². The van der Waals surface area contributed by atoms with Crippen LogP contribution in [0.2, 0.25) is 0 Å². The van der Waals surface area contributed by atoms with Crippen LogP contribution >= 0.6 is 11.8 Å². The zero-order valence-electron chi connectivity index (χ0n) is 18.7. The summed E-state index contributed by atoms with van der Waals surface area (Å²) in [7, 11) is 1.84. The molecule has 2 heterocycles. The Morgan fingerprint density at radius 2 is 1.63 bits per heavy atom. The quantitative estimate of drug-likeness (QED) is 0.152. The number of hydrogen-bond acceptors (Lipinski definition) is 7. The lowest BCUT2D eigenvalue weighted by Crippen LogP contribution is -2.06. The largest absolute Gasteiger partial charge is 0.476 e. The van der Waals surface area contributed by atoms with Crippen molar-refractivity contribution in [1.29, 1.82) is 0 Å². The molecule has 2 rings (SSSR count). The molecule has 0 unspecified atom stereocenters.